The molecule has 3 nitrogen and oxygen atoms in total. The molecule has 0 amide bonds. The van der Waals surface area contributed by atoms with E-state index in [1.807, 2.05) is 0 Å². The third-order valence-corrected chi connectivity index (χ3v) is 5.27. The molecule has 0 spiro atoms. The van der Waals surface area contributed by atoms with Crippen LogP contribution in [0.1, 0.15) is 44.9 Å². The first kappa shape index (κ1) is 12.9. The van der Waals surface area contributed by atoms with E-state index in [4.69, 9.17) is 0 Å². The Kier molecular flexibility index (Phi) is 4.22. The first-order valence-electron chi connectivity index (χ1n) is 7.97. The highest BCUT2D eigenvalue weighted by molar-refractivity contribution is 4.87. The molecule has 3 unspecified atom stereocenters. The van der Waals surface area contributed by atoms with E-state index in [9.17, 15) is 5.11 Å². The van der Waals surface area contributed by atoms with E-state index in [0.29, 0.717) is 5.92 Å². The van der Waals surface area contributed by atoms with E-state index in [1.165, 1.54) is 64.7 Å². The monoisotopic (exact) mass is 252 g/mol. The van der Waals surface area contributed by atoms with Gasteiger partial charge in [-0.2, -0.15) is 0 Å². The summed E-state index contributed by atoms with van der Waals surface area (Å²) in [7, 11) is 0. The maximum absolute atomic E-state index is 9.93. The minimum Gasteiger partial charge on any atom is -0.393 e. The number of nitrogens with zero attached hydrogens (tertiary/aromatic N) is 2. The van der Waals surface area contributed by atoms with Gasteiger partial charge in [0.1, 0.15) is 0 Å². The van der Waals surface area contributed by atoms with Crippen LogP contribution >= 0.6 is 0 Å². The van der Waals surface area contributed by atoms with Crippen molar-refractivity contribution in [1.29, 1.82) is 0 Å². The van der Waals surface area contributed by atoms with Crippen LogP contribution < -0.4 is 0 Å². The molecule has 3 atom stereocenters. The van der Waals surface area contributed by atoms with Crippen LogP contribution in [-0.4, -0.2) is 59.8 Å². The lowest BCUT2D eigenvalue weighted by Gasteiger charge is -2.32. The van der Waals surface area contributed by atoms with Crippen molar-refractivity contribution in [2.24, 2.45) is 5.92 Å². The molecule has 2 saturated heterocycles. The van der Waals surface area contributed by atoms with Gasteiger partial charge in [-0.25, -0.2) is 0 Å². The molecule has 1 saturated carbocycles. The second-order valence-electron chi connectivity index (χ2n) is 6.56. The Morgan fingerprint density at radius 3 is 2.44 bits per heavy atom. The van der Waals surface area contributed by atoms with Crippen LogP contribution in [0.5, 0.6) is 0 Å². The predicted octanol–water partition coefficient (Wildman–Crippen LogP) is 1.71. The number of aliphatic hydroxyl groups is 1. The van der Waals surface area contributed by atoms with Gasteiger partial charge in [-0.15, -0.1) is 0 Å². The van der Waals surface area contributed by atoms with Gasteiger partial charge in [-0.05, 0) is 57.7 Å². The minimum absolute atomic E-state index is 0.0148. The summed E-state index contributed by atoms with van der Waals surface area (Å²) < 4.78 is 0. The molecule has 1 aliphatic carbocycles. The van der Waals surface area contributed by atoms with E-state index < -0.39 is 0 Å². The quantitative estimate of drug-likeness (QED) is 0.828. The van der Waals surface area contributed by atoms with E-state index >= 15 is 0 Å². The van der Waals surface area contributed by atoms with Crippen molar-refractivity contribution in [3.63, 3.8) is 0 Å². The zero-order valence-corrected chi connectivity index (χ0v) is 11.6. The number of piperidine rings is 1. The van der Waals surface area contributed by atoms with Crippen LogP contribution in [0.4, 0.5) is 0 Å². The average molecular weight is 252 g/mol. The summed E-state index contributed by atoms with van der Waals surface area (Å²) in [4.78, 5) is 5.33. The molecular weight excluding hydrogens is 224 g/mol. The Balaban J connectivity index is 1.46. The molecule has 0 bridgehead atoms. The standard InChI is InChI=1S/C15H28N2O/c18-15-6-4-5-13(15)11-16-10-7-14(12-16)17-8-2-1-3-9-17/h13-15,18H,1-12H2. The summed E-state index contributed by atoms with van der Waals surface area (Å²) in [5.41, 5.74) is 0. The summed E-state index contributed by atoms with van der Waals surface area (Å²) in [6.45, 7) is 6.30. The molecule has 0 aromatic rings. The van der Waals surface area contributed by atoms with E-state index in [1.54, 1.807) is 0 Å². The molecule has 0 radical (unpaired) electrons. The minimum atomic E-state index is -0.0148. The second-order valence-corrected chi connectivity index (χ2v) is 6.56. The van der Waals surface area contributed by atoms with Gasteiger partial charge in [0, 0.05) is 19.1 Å². The smallest absolute Gasteiger partial charge is 0.0580 e. The van der Waals surface area contributed by atoms with Crippen LogP contribution in [0.3, 0.4) is 0 Å². The molecule has 3 heteroatoms. The maximum Gasteiger partial charge on any atom is 0.0580 e. The second kappa shape index (κ2) is 5.89. The van der Waals surface area contributed by atoms with Gasteiger partial charge in [0.2, 0.25) is 0 Å². The summed E-state index contributed by atoms with van der Waals surface area (Å²) in [6.07, 6.45) is 9.08. The molecule has 3 aliphatic rings. The highest BCUT2D eigenvalue weighted by Crippen LogP contribution is 2.28. The molecule has 3 rings (SSSR count). The Labute approximate surface area is 111 Å². The highest BCUT2D eigenvalue weighted by Gasteiger charge is 2.32. The average Bonchev–Trinajstić information content (AvgIpc) is 3.02. The van der Waals surface area contributed by atoms with Crippen molar-refractivity contribution in [2.45, 2.75) is 57.1 Å². The summed E-state index contributed by atoms with van der Waals surface area (Å²) in [5, 5.41) is 9.93. The van der Waals surface area contributed by atoms with Crippen molar-refractivity contribution in [2.75, 3.05) is 32.7 Å². The van der Waals surface area contributed by atoms with Gasteiger partial charge < -0.3 is 10.0 Å². The highest BCUT2D eigenvalue weighted by atomic mass is 16.3. The topological polar surface area (TPSA) is 26.7 Å². The number of aliphatic hydroxyl groups excluding tert-OH is 1. The lowest BCUT2D eigenvalue weighted by molar-refractivity contribution is 0.103. The van der Waals surface area contributed by atoms with Gasteiger partial charge in [-0.3, -0.25) is 4.90 Å². The van der Waals surface area contributed by atoms with E-state index in [-0.39, 0.29) is 6.10 Å². The van der Waals surface area contributed by atoms with Crippen molar-refractivity contribution in [1.82, 2.24) is 9.80 Å². The lowest BCUT2D eigenvalue weighted by atomic mass is 10.1. The van der Waals surface area contributed by atoms with Gasteiger partial charge in [0.25, 0.3) is 0 Å². The molecule has 0 aromatic carbocycles. The Bertz CT molecular complexity index is 265. The fourth-order valence-corrected chi connectivity index (χ4v) is 4.12. The van der Waals surface area contributed by atoms with Gasteiger partial charge in [-0.1, -0.05) is 12.8 Å². The van der Waals surface area contributed by atoms with Crippen molar-refractivity contribution in [3.05, 3.63) is 0 Å². The van der Waals surface area contributed by atoms with Gasteiger partial charge in [0.05, 0.1) is 6.10 Å². The molecule has 0 aromatic heterocycles. The molecule has 18 heavy (non-hydrogen) atoms. The Morgan fingerprint density at radius 2 is 1.72 bits per heavy atom. The predicted molar refractivity (Wildman–Crippen MR) is 73.6 cm³/mol. The zero-order valence-electron chi connectivity index (χ0n) is 11.6. The normalized spacial score (nSPS) is 39.5. The van der Waals surface area contributed by atoms with E-state index in [0.717, 1.165) is 19.0 Å². The Morgan fingerprint density at radius 1 is 0.889 bits per heavy atom. The summed E-state index contributed by atoms with van der Waals surface area (Å²) >= 11 is 0. The third kappa shape index (κ3) is 2.89. The fraction of sp³-hybridized carbons (Fsp3) is 1.00. The zero-order chi connectivity index (χ0) is 12.4. The molecule has 2 heterocycles. The van der Waals surface area contributed by atoms with Gasteiger partial charge >= 0.3 is 0 Å². The largest absolute Gasteiger partial charge is 0.393 e. The SMILES string of the molecule is OC1CCCC1CN1CCC(N2CCCCC2)C1. The van der Waals surface area contributed by atoms with Crippen LogP contribution in [0.15, 0.2) is 0 Å². The molecular formula is C15H28N2O. The Hall–Kier alpha value is -0.120. The summed E-state index contributed by atoms with van der Waals surface area (Å²) in [5.74, 6) is 0.560. The fourth-order valence-electron chi connectivity index (χ4n) is 4.12. The lowest BCUT2D eigenvalue weighted by Crippen LogP contribution is -2.41. The summed E-state index contributed by atoms with van der Waals surface area (Å²) in [6, 6.07) is 0.809. The number of hydrogen-bond donors (Lipinski definition) is 1. The molecule has 1 N–H and O–H groups in total. The van der Waals surface area contributed by atoms with Crippen LogP contribution in [0, 0.1) is 5.92 Å². The number of rotatable bonds is 3. The first-order chi connectivity index (χ1) is 8.83. The van der Waals surface area contributed by atoms with Gasteiger partial charge in [0.15, 0.2) is 0 Å². The van der Waals surface area contributed by atoms with Crippen LogP contribution in [-0.2, 0) is 0 Å². The molecule has 3 fully saturated rings. The van der Waals surface area contributed by atoms with E-state index in [2.05, 4.69) is 9.80 Å². The van der Waals surface area contributed by atoms with Crippen LogP contribution in [0.2, 0.25) is 0 Å². The number of likely N-dealkylation sites (tertiary alicyclic amines) is 2. The molecule has 2 aliphatic heterocycles. The third-order valence-electron chi connectivity index (χ3n) is 5.27. The first-order valence-corrected chi connectivity index (χ1v) is 7.97. The van der Waals surface area contributed by atoms with Crippen molar-refractivity contribution >= 4 is 0 Å². The number of hydrogen-bond acceptors (Lipinski definition) is 3. The van der Waals surface area contributed by atoms with Crippen molar-refractivity contribution < 1.29 is 5.11 Å². The molecule has 104 valence electrons. The van der Waals surface area contributed by atoms with Crippen molar-refractivity contribution in [3.8, 4) is 0 Å². The maximum atomic E-state index is 9.93. The van der Waals surface area contributed by atoms with Crippen LogP contribution in [0.25, 0.3) is 0 Å².